The molecule has 1 aromatic carbocycles. The normalized spacial score (nSPS) is 11.4. The molecular formula is C22H26N4O. The lowest BCUT2D eigenvalue weighted by Gasteiger charge is -2.22. The van der Waals surface area contributed by atoms with Crippen molar-refractivity contribution >= 4 is 16.8 Å². The molecule has 5 nitrogen and oxygen atoms in total. The van der Waals surface area contributed by atoms with Gasteiger partial charge in [0.05, 0.1) is 16.8 Å². The van der Waals surface area contributed by atoms with E-state index in [0.717, 1.165) is 27.9 Å². The third kappa shape index (κ3) is 3.82. The average molecular weight is 362 g/mol. The van der Waals surface area contributed by atoms with Crippen LogP contribution in [-0.2, 0) is 0 Å². The second-order valence-electron chi connectivity index (χ2n) is 7.57. The van der Waals surface area contributed by atoms with Crippen molar-refractivity contribution in [2.45, 2.75) is 46.6 Å². The first kappa shape index (κ1) is 19.0. The van der Waals surface area contributed by atoms with Gasteiger partial charge in [0.2, 0.25) is 0 Å². The van der Waals surface area contributed by atoms with Crippen LogP contribution in [0.5, 0.6) is 0 Å². The van der Waals surface area contributed by atoms with E-state index < -0.39 is 0 Å². The summed E-state index contributed by atoms with van der Waals surface area (Å²) in [7, 11) is 1.83. The molecule has 0 aliphatic rings. The summed E-state index contributed by atoms with van der Waals surface area (Å²) in [5.74, 6) is 1.05. The molecule has 0 bridgehead atoms. The van der Waals surface area contributed by atoms with Crippen molar-refractivity contribution < 1.29 is 4.79 Å². The predicted molar refractivity (Wildman–Crippen MR) is 109 cm³/mol. The number of amides is 1. The number of nitrogens with zero attached hydrogens (tertiary/aromatic N) is 4. The molecule has 5 heteroatoms. The van der Waals surface area contributed by atoms with Gasteiger partial charge in [0.25, 0.3) is 5.91 Å². The highest BCUT2D eigenvalue weighted by Crippen LogP contribution is 2.26. The number of pyridine rings is 1. The molecule has 0 saturated heterocycles. The van der Waals surface area contributed by atoms with Gasteiger partial charge in [0.15, 0.2) is 0 Å². The molecule has 0 aliphatic heterocycles. The number of carbonyl (C=O) groups is 1. The van der Waals surface area contributed by atoms with Crippen LogP contribution in [0, 0.1) is 6.92 Å². The zero-order chi connectivity index (χ0) is 19.7. The first-order chi connectivity index (χ1) is 12.8. The van der Waals surface area contributed by atoms with E-state index >= 15 is 0 Å². The second-order valence-corrected chi connectivity index (χ2v) is 7.57. The van der Waals surface area contributed by atoms with Gasteiger partial charge in [-0.2, -0.15) is 0 Å². The average Bonchev–Trinajstić information content (AvgIpc) is 2.65. The lowest BCUT2D eigenvalue weighted by atomic mass is 10.0. The standard InChI is InChI=1S/C22H26N4O/c1-13(2)21-23-11-16(12-24-21)19-10-18(22(27)26(6)14(3)4)17-8-7-15(5)9-20(17)25-19/h7-14H,1-6H3. The molecule has 27 heavy (non-hydrogen) atoms. The summed E-state index contributed by atoms with van der Waals surface area (Å²) in [6, 6.07) is 7.96. The van der Waals surface area contributed by atoms with Gasteiger partial charge in [0, 0.05) is 42.4 Å². The Hall–Kier alpha value is -2.82. The van der Waals surface area contributed by atoms with Gasteiger partial charge in [-0.3, -0.25) is 4.79 Å². The maximum absolute atomic E-state index is 13.1. The van der Waals surface area contributed by atoms with Crippen LogP contribution in [0.1, 0.15) is 55.4 Å². The first-order valence-electron chi connectivity index (χ1n) is 9.28. The SMILES string of the molecule is Cc1ccc2c(C(=O)N(C)C(C)C)cc(-c3cnc(C(C)C)nc3)nc2c1. The Labute approximate surface area is 160 Å². The Kier molecular flexibility index (Phi) is 5.22. The van der Waals surface area contributed by atoms with E-state index in [9.17, 15) is 4.79 Å². The lowest BCUT2D eigenvalue weighted by Crippen LogP contribution is -2.33. The fourth-order valence-electron chi connectivity index (χ4n) is 2.86. The summed E-state index contributed by atoms with van der Waals surface area (Å²) in [5.41, 5.74) is 4.09. The molecule has 0 spiro atoms. The van der Waals surface area contributed by atoms with Crippen molar-refractivity contribution in [1.29, 1.82) is 0 Å². The van der Waals surface area contributed by atoms with E-state index in [2.05, 4.69) is 23.8 Å². The van der Waals surface area contributed by atoms with Crippen molar-refractivity contribution in [1.82, 2.24) is 19.9 Å². The zero-order valence-corrected chi connectivity index (χ0v) is 16.8. The van der Waals surface area contributed by atoms with Crippen molar-refractivity contribution in [3.63, 3.8) is 0 Å². The summed E-state index contributed by atoms with van der Waals surface area (Å²) < 4.78 is 0. The van der Waals surface area contributed by atoms with Gasteiger partial charge < -0.3 is 4.90 Å². The van der Waals surface area contributed by atoms with Crippen molar-refractivity contribution in [3.05, 3.63) is 53.6 Å². The molecule has 0 atom stereocenters. The zero-order valence-electron chi connectivity index (χ0n) is 16.8. The summed E-state index contributed by atoms with van der Waals surface area (Å²) in [4.78, 5) is 28.5. The monoisotopic (exact) mass is 362 g/mol. The molecule has 140 valence electrons. The number of hydrogen-bond donors (Lipinski definition) is 0. The lowest BCUT2D eigenvalue weighted by molar-refractivity contribution is 0.0757. The van der Waals surface area contributed by atoms with Gasteiger partial charge in [0.1, 0.15) is 5.82 Å². The Morgan fingerprint density at radius 3 is 2.30 bits per heavy atom. The van der Waals surface area contributed by atoms with Gasteiger partial charge in [-0.15, -0.1) is 0 Å². The third-order valence-corrected chi connectivity index (χ3v) is 4.77. The molecule has 0 N–H and O–H groups in total. The molecule has 0 saturated carbocycles. The van der Waals surface area contributed by atoms with Crippen molar-refractivity contribution in [2.24, 2.45) is 0 Å². The highest BCUT2D eigenvalue weighted by Gasteiger charge is 2.19. The van der Waals surface area contributed by atoms with Crippen LogP contribution in [0.15, 0.2) is 36.7 Å². The van der Waals surface area contributed by atoms with Crippen LogP contribution in [0.25, 0.3) is 22.2 Å². The molecule has 0 unspecified atom stereocenters. The predicted octanol–water partition coefficient (Wildman–Crippen LogP) is 4.60. The van der Waals surface area contributed by atoms with Gasteiger partial charge in [-0.25, -0.2) is 15.0 Å². The highest BCUT2D eigenvalue weighted by atomic mass is 16.2. The molecule has 0 fully saturated rings. The largest absolute Gasteiger partial charge is 0.339 e. The van der Waals surface area contributed by atoms with Gasteiger partial charge in [-0.05, 0) is 38.5 Å². The molecule has 3 aromatic rings. The summed E-state index contributed by atoms with van der Waals surface area (Å²) in [5, 5.41) is 0.863. The van der Waals surface area contributed by atoms with Crippen LogP contribution in [0.2, 0.25) is 0 Å². The Morgan fingerprint density at radius 1 is 1.04 bits per heavy atom. The van der Waals surface area contributed by atoms with Crippen LogP contribution in [0.3, 0.4) is 0 Å². The Balaban J connectivity index is 2.18. The molecule has 2 heterocycles. The maximum Gasteiger partial charge on any atom is 0.254 e. The Bertz CT molecular complexity index is 978. The van der Waals surface area contributed by atoms with Gasteiger partial charge >= 0.3 is 0 Å². The van der Waals surface area contributed by atoms with E-state index in [0.29, 0.717) is 11.3 Å². The number of aromatic nitrogens is 3. The smallest absolute Gasteiger partial charge is 0.254 e. The maximum atomic E-state index is 13.1. The number of benzene rings is 1. The van der Waals surface area contributed by atoms with Crippen molar-refractivity contribution in [2.75, 3.05) is 7.05 Å². The summed E-state index contributed by atoms with van der Waals surface area (Å²) >= 11 is 0. The summed E-state index contributed by atoms with van der Waals surface area (Å²) in [6.07, 6.45) is 3.57. The van der Waals surface area contributed by atoms with E-state index in [1.54, 1.807) is 17.3 Å². The number of rotatable bonds is 4. The number of carbonyl (C=O) groups excluding carboxylic acids is 1. The van der Waals surface area contributed by atoms with E-state index in [-0.39, 0.29) is 17.9 Å². The molecule has 0 radical (unpaired) electrons. The van der Waals surface area contributed by atoms with Crippen LogP contribution in [-0.4, -0.2) is 38.8 Å². The minimum Gasteiger partial charge on any atom is -0.339 e. The third-order valence-electron chi connectivity index (χ3n) is 4.77. The van der Waals surface area contributed by atoms with Crippen LogP contribution < -0.4 is 0 Å². The summed E-state index contributed by atoms with van der Waals surface area (Å²) in [6.45, 7) is 10.2. The molecule has 1 amide bonds. The topological polar surface area (TPSA) is 59.0 Å². The fourth-order valence-corrected chi connectivity index (χ4v) is 2.86. The molecule has 3 rings (SSSR count). The first-order valence-corrected chi connectivity index (χ1v) is 9.28. The van der Waals surface area contributed by atoms with Crippen LogP contribution in [0.4, 0.5) is 0 Å². The number of hydrogen-bond acceptors (Lipinski definition) is 4. The van der Waals surface area contributed by atoms with Crippen LogP contribution >= 0.6 is 0 Å². The minimum atomic E-state index is -0.0118. The molecular weight excluding hydrogens is 336 g/mol. The van der Waals surface area contributed by atoms with E-state index in [1.807, 2.05) is 52.1 Å². The highest BCUT2D eigenvalue weighted by molar-refractivity contribution is 6.07. The quantitative estimate of drug-likeness (QED) is 0.680. The van der Waals surface area contributed by atoms with E-state index in [4.69, 9.17) is 4.98 Å². The number of fused-ring (bicyclic) bond motifs is 1. The number of aryl methyl sites for hydroxylation is 1. The molecule has 0 aliphatic carbocycles. The Morgan fingerprint density at radius 2 is 1.70 bits per heavy atom. The molecule has 2 aromatic heterocycles. The second kappa shape index (κ2) is 7.43. The fraction of sp³-hybridized carbons (Fsp3) is 0.364. The van der Waals surface area contributed by atoms with E-state index in [1.165, 1.54) is 0 Å². The van der Waals surface area contributed by atoms with Crippen molar-refractivity contribution in [3.8, 4) is 11.3 Å². The minimum absolute atomic E-state index is 0.0118. The van der Waals surface area contributed by atoms with Gasteiger partial charge in [-0.1, -0.05) is 26.0 Å².